The van der Waals surface area contributed by atoms with Crippen LogP contribution in [0.1, 0.15) is 11.1 Å². The lowest BCUT2D eigenvalue weighted by Gasteiger charge is -2.02. The molecule has 72 valence electrons. The van der Waals surface area contributed by atoms with Crippen molar-refractivity contribution >= 4 is 11.6 Å². The van der Waals surface area contributed by atoms with Crippen molar-refractivity contribution < 1.29 is 4.52 Å². The smallest absolute Gasteiger partial charge is 0.226 e. The molecule has 2 nitrogen and oxygen atoms in total. The zero-order valence-electron chi connectivity index (χ0n) is 8.04. The lowest BCUT2D eigenvalue weighted by Crippen LogP contribution is -1.84. The first-order valence-corrected chi connectivity index (χ1v) is 4.74. The van der Waals surface area contributed by atoms with Crippen LogP contribution in [0.25, 0.3) is 11.3 Å². The number of hydrogen-bond acceptors (Lipinski definition) is 2. The Hall–Kier alpha value is -1.28. The molecule has 0 spiro atoms. The zero-order chi connectivity index (χ0) is 10.1. The summed E-state index contributed by atoms with van der Waals surface area (Å²) >= 11 is 5.67. The Balaban J connectivity index is 2.55. The van der Waals surface area contributed by atoms with Gasteiger partial charge in [-0.05, 0) is 37.1 Å². The van der Waals surface area contributed by atoms with Gasteiger partial charge in [0.25, 0.3) is 0 Å². The Morgan fingerprint density at radius 3 is 2.64 bits per heavy atom. The number of nitrogens with zero attached hydrogens (tertiary/aromatic N) is 1. The molecule has 14 heavy (non-hydrogen) atoms. The molecule has 3 heteroatoms. The van der Waals surface area contributed by atoms with Crippen LogP contribution in [-0.2, 0) is 0 Å². The lowest BCUT2D eigenvalue weighted by molar-refractivity contribution is 0.424. The van der Waals surface area contributed by atoms with E-state index >= 15 is 0 Å². The maximum atomic E-state index is 5.67. The highest BCUT2D eigenvalue weighted by Gasteiger charge is 2.07. The van der Waals surface area contributed by atoms with Crippen molar-refractivity contribution in [2.24, 2.45) is 0 Å². The molecule has 0 saturated carbocycles. The van der Waals surface area contributed by atoms with Crippen LogP contribution in [0.3, 0.4) is 0 Å². The van der Waals surface area contributed by atoms with Gasteiger partial charge in [0.15, 0.2) is 0 Å². The third kappa shape index (κ3) is 1.66. The summed E-state index contributed by atoms with van der Waals surface area (Å²) in [6.45, 7) is 4.09. The minimum absolute atomic E-state index is 0.320. The first kappa shape index (κ1) is 9.28. The molecule has 0 radical (unpaired) electrons. The maximum absolute atomic E-state index is 5.67. The van der Waals surface area contributed by atoms with Gasteiger partial charge in [0.05, 0.1) is 0 Å². The summed E-state index contributed by atoms with van der Waals surface area (Å²) in [7, 11) is 0. The Bertz CT molecular complexity index is 462. The molecule has 2 rings (SSSR count). The van der Waals surface area contributed by atoms with Crippen LogP contribution in [-0.4, -0.2) is 5.16 Å². The molecular formula is C11H10ClNO. The van der Waals surface area contributed by atoms with Gasteiger partial charge in [-0.15, -0.1) is 0 Å². The first-order valence-electron chi connectivity index (χ1n) is 4.36. The summed E-state index contributed by atoms with van der Waals surface area (Å²) < 4.78 is 4.83. The van der Waals surface area contributed by atoms with E-state index in [1.807, 2.05) is 13.8 Å². The molecule has 0 fully saturated rings. The summed E-state index contributed by atoms with van der Waals surface area (Å²) in [6, 6.07) is 7.93. The fourth-order valence-corrected chi connectivity index (χ4v) is 1.53. The SMILES string of the molecule is Cc1ccc(C)c(-c2cc(Cl)on2)c1. The number of benzene rings is 1. The second-order valence-corrected chi connectivity index (χ2v) is 3.71. The molecule has 0 aliphatic heterocycles. The van der Waals surface area contributed by atoms with Crippen molar-refractivity contribution in [2.75, 3.05) is 0 Å². The van der Waals surface area contributed by atoms with Gasteiger partial charge in [0.1, 0.15) is 5.69 Å². The molecule has 0 unspecified atom stereocenters. The predicted molar refractivity (Wildman–Crippen MR) is 56.4 cm³/mol. The van der Waals surface area contributed by atoms with Gasteiger partial charge in [-0.3, -0.25) is 0 Å². The standard InChI is InChI=1S/C11H10ClNO/c1-7-3-4-8(2)9(5-7)10-6-11(12)14-13-10/h3-6H,1-2H3. The van der Waals surface area contributed by atoms with Gasteiger partial charge < -0.3 is 4.52 Å². The number of halogens is 1. The number of rotatable bonds is 1. The lowest BCUT2D eigenvalue weighted by atomic mass is 10.0. The van der Waals surface area contributed by atoms with Crippen molar-refractivity contribution in [3.05, 3.63) is 40.6 Å². The van der Waals surface area contributed by atoms with E-state index < -0.39 is 0 Å². The maximum Gasteiger partial charge on any atom is 0.226 e. The zero-order valence-corrected chi connectivity index (χ0v) is 8.80. The van der Waals surface area contributed by atoms with Crippen LogP contribution in [0, 0.1) is 13.8 Å². The average Bonchev–Trinajstić information content (AvgIpc) is 2.56. The van der Waals surface area contributed by atoms with Gasteiger partial charge in [-0.2, -0.15) is 0 Å². The van der Waals surface area contributed by atoms with E-state index in [0.29, 0.717) is 5.22 Å². The molecule has 1 aromatic heterocycles. The minimum Gasteiger partial charge on any atom is -0.344 e. The Kier molecular flexibility index (Phi) is 2.30. The van der Waals surface area contributed by atoms with Crippen molar-refractivity contribution in [2.45, 2.75) is 13.8 Å². The minimum atomic E-state index is 0.320. The predicted octanol–water partition coefficient (Wildman–Crippen LogP) is 3.61. The molecule has 0 saturated heterocycles. The highest BCUT2D eigenvalue weighted by Crippen LogP contribution is 2.25. The summed E-state index contributed by atoms with van der Waals surface area (Å²) in [5.41, 5.74) is 4.22. The average molecular weight is 208 g/mol. The largest absolute Gasteiger partial charge is 0.344 e. The van der Waals surface area contributed by atoms with E-state index in [4.69, 9.17) is 16.1 Å². The van der Waals surface area contributed by atoms with E-state index in [2.05, 4.69) is 23.4 Å². The third-order valence-electron chi connectivity index (χ3n) is 2.15. The molecule has 0 bridgehead atoms. The van der Waals surface area contributed by atoms with Crippen LogP contribution >= 0.6 is 11.6 Å². The quantitative estimate of drug-likeness (QED) is 0.714. The van der Waals surface area contributed by atoms with Crippen LogP contribution in [0.2, 0.25) is 5.22 Å². The van der Waals surface area contributed by atoms with E-state index in [9.17, 15) is 0 Å². The fraction of sp³-hybridized carbons (Fsp3) is 0.182. The van der Waals surface area contributed by atoms with Gasteiger partial charge in [0.2, 0.25) is 5.22 Å². The second kappa shape index (κ2) is 3.46. The molecule has 0 N–H and O–H groups in total. The van der Waals surface area contributed by atoms with Gasteiger partial charge >= 0.3 is 0 Å². The molecular weight excluding hydrogens is 198 g/mol. The normalized spacial score (nSPS) is 10.5. The first-order chi connectivity index (χ1) is 6.66. The third-order valence-corrected chi connectivity index (χ3v) is 2.33. The fourth-order valence-electron chi connectivity index (χ4n) is 1.39. The van der Waals surface area contributed by atoms with E-state index in [1.54, 1.807) is 6.07 Å². The van der Waals surface area contributed by atoms with E-state index in [-0.39, 0.29) is 0 Å². The van der Waals surface area contributed by atoms with Crippen molar-refractivity contribution in [1.29, 1.82) is 0 Å². The molecule has 1 heterocycles. The molecule has 0 aliphatic carbocycles. The molecule has 2 aromatic rings. The monoisotopic (exact) mass is 207 g/mol. The highest BCUT2D eigenvalue weighted by molar-refractivity contribution is 6.29. The summed E-state index contributed by atoms with van der Waals surface area (Å²) in [4.78, 5) is 0. The van der Waals surface area contributed by atoms with Crippen molar-refractivity contribution in [3.63, 3.8) is 0 Å². The van der Waals surface area contributed by atoms with Crippen LogP contribution in [0.15, 0.2) is 28.8 Å². The Morgan fingerprint density at radius 2 is 2.00 bits per heavy atom. The van der Waals surface area contributed by atoms with Crippen molar-refractivity contribution in [3.8, 4) is 11.3 Å². The van der Waals surface area contributed by atoms with Crippen LogP contribution < -0.4 is 0 Å². The van der Waals surface area contributed by atoms with Crippen molar-refractivity contribution in [1.82, 2.24) is 5.16 Å². The van der Waals surface area contributed by atoms with E-state index in [0.717, 1.165) is 11.3 Å². The number of aromatic nitrogens is 1. The van der Waals surface area contributed by atoms with Crippen LogP contribution in [0.5, 0.6) is 0 Å². The van der Waals surface area contributed by atoms with Gasteiger partial charge in [0, 0.05) is 11.6 Å². The molecule has 1 aromatic carbocycles. The Labute approximate surface area is 87.5 Å². The number of hydrogen-bond donors (Lipinski definition) is 0. The molecule has 0 atom stereocenters. The van der Waals surface area contributed by atoms with Gasteiger partial charge in [-0.25, -0.2) is 0 Å². The van der Waals surface area contributed by atoms with Gasteiger partial charge in [-0.1, -0.05) is 22.9 Å². The topological polar surface area (TPSA) is 26.0 Å². The second-order valence-electron chi connectivity index (χ2n) is 3.33. The highest BCUT2D eigenvalue weighted by atomic mass is 35.5. The number of aryl methyl sites for hydroxylation is 2. The van der Waals surface area contributed by atoms with Crippen LogP contribution in [0.4, 0.5) is 0 Å². The summed E-state index contributed by atoms with van der Waals surface area (Å²) in [6.07, 6.45) is 0. The molecule has 0 aliphatic rings. The van der Waals surface area contributed by atoms with E-state index in [1.165, 1.54) is 11.1 Å². The molecule has 0 amide bonds. The Morgan fingerprint density at radius 1 is 1.21 bits per heavy atom. The summed E-state index contributed by atoms with van der Waals surface area (Å²) in [5.74, 6) is 0. The summed E-state index contributed by atoms with van der Waals surface area (Å²) in [5, 5.41) is 4.20.